The van der Waals surface area contributed by atoms with Gasteiger partial charge in [0.2, 0.25) is 0 Å². The molecule has 2 rings (SSSR count). The van der Waals surface area contributed by atoms with Gasteiger partial charge in [0.05, 0.1) is 6.21 Å². The lowest BCUT2D eigenvalue weighted by Crippen LogP contribution is -2.31. The van der Waals surface area contributed by atoms with E-state index in [0.29, 0.717) is 5.56 Å². The summed E-state index contributed by atoms with van der Waals surface area (Å²) < 4.78 is 12.9. The van der Waals surface area contributed by atoms with Crippen molar-refractivity contribution in [3.8, 4) is 0 Å². The van der Waals surface area contributed by atoms with E-state index in [2.05, 4.69) is 32.3 Å². The predicted molar refractivity (Wildman–Crippen MR) is 64.0 cm³/mol. The lowest BCUT2D eigenvalue weighted by Gasteiger charge is -2.06. The van der Waals surface area contributed by atoms with Crippen LogP contribution in [-0.4, -0.2) is 18.1 Å². The minimum absolute atomic E-state index is 0.114. The topological polar surface area (TPSA) is 78.5 Å². The van der Waals surface area contributed by atoms with Crippen LogP contribution in [-0.2, 0) is 0 Å². The van der Waals surface area contributed by atoms with Crippen molar-refractivity contribution in [3.63, 3.8) is 0 Å². The number of hydrogen-bond acceptors (Lipinski definition) is 4. The molecule has 0 unspecified atom stereocenters. The van der Waals surface area contributed by atoms with Gasteiger partial charge in [0.25, 0.3) is 0 Å². The minimum atomic E-state index is -0.637. The first kappa shape index (κ1) is 11.8. The van der Waals surface area contributed by atoms with E-state index in [1.165, 1.54) is 18.3 Å². The van der Waals surface area contributed by atoms with Gasteiger partial charge in [-0.3, -0.25) is 5.32 Å². The van der Waals surface area contributed by atoms with Crippen molar-refractivity contribution in [1.82, 2.24) is 5.32 Å². The van der Waals surface area contributed by atoms with E-state index in [-0.39, 0.29) is 17.3 Å². The van der Waals surface area contributed by atoms with Crippen molar-refractivity contribution in [2.45, 2.75) is 0 Å². The second-order valence-electron chi connectivity index (χ2n) is 3.33. The molecular weight excluding hydrogens is 237 g/mol. The molecule has 1 aromatic carbocycles. The molecule has 1 N–H and O–H groups in total. The fraction of sp³-hybridized carbons (Fsp3) is 0. The van der Waals surface area contributed by atoms with Gasteiger partial charge in [0, 0.05) is 0 Å². The molecular formula is C11H8FN5O. The van der Waals surface area contributed by atoms with Gasteiger partial charge in [0.1, 0.15) is 11.5 Å². The monoisotopic (exact) mass is 245 g/mol. The first-order valence-electron chi connectivity index (χ1n) is 4.94. The molecule has 6 nitrogen and oxygen atoms in total. The fourth-order valence-electron chi connectivity index (χ4n) is 1.17. The highest BCUT2D eigenvalue weighted by molar-refractivity contribution is 6.08. The van der Waals surface area contributed by atoms with Crippen LogP contribution in [0.25, 0.3) is 0 Å². The van der Waals surface area contributed by atoms with Crippen LogP contribution < -0.4 is 5.32 Å². The van der Waals surface area contributed by atoms with Crippen molar-refractivity contribution in [3.05, 3.63) is 47.9 Å². The van der Waals surface area contributed by atoms with Crippen LogP contribution in [0.2, 0.25) is 0 Å². The number of carbonyl (C=O) groups is 1. The molecule has 0 saturated heterocycles. The lowest BCUT2D eigenvalue weighted by atomic mass is 10.2. The molecule has 0 saturated carbocycles. The van der Waals surface area contributed by atoms with Gasteiger partial charge in [-0.15, -0.1) is 10.2 Å². The number of amidine groups is 1. The average molecular weight is 245 g/mol. The number of benzene rings is 1. The highest BCUT2D eigenvalue weighted by Gasteiger charge is 2.13. The van der Waals surface area contributed by atoms with Gasteiger partial charge in [-0.2, -0.15) is 5.10 Å². The normalized spacial score (nSPS) is 17.5. The molecule has 0 aromatic heterocycles. The zero-order valence-corrected chi connectivity index (χ0v) is 9.17. The maximum Gasteiger partial charge on any atom is 0.365 e. The van der Waals surface area contributed by atoms with Crippen molar-refractivity contribution in [1.29, 1.82) is 0 Å². The third-order valence-corrected chi connectivity index (χ3v) is 1.97. The quantitative estimate of drug-likeness (QED) is 0.629. The van der Waals surface area contributed by atoms with Crippen LogP contribution in [0.4, 0.5) is 9.18 Å². The smallest absolute Gasteiger partial charge is 0.286 e. The number of hydrogen-bond donors (Lipinski definition) is 1. The molecule has 1 aliphatic rings. The molecule has 1 heterocycles. The summed E-state index contributed by atoms with van der Waals surface area (Å²) in [5.41, 5.74) is 0.750. The second kappa shape index (κ2) is 5.09. The van der Waals surface area contributed by atoms with Gasteiger partial charge >= 0.3 is 6.03 Å². The Balaban J connectivity index is 2.13. The highest BCUT2D eigenvalue weighted by Crippen LogP contribution is 2.04. The Morgan fingerprint density at radius 3 is 3.00 bits per heavy atom. The number of azo groups is 1. The standard InChI is InChI=1S/C11H8FN5O/c1-7-10(14-11(18)17-15-7)16-13-6-8-3-2-4-9(12)5-8/h2-6H,1H2,(H,14,16,18)/b13-6+. The maximum absolute atomic E-state index is 12.9. The average Bonchev–Trinajstić information content (AvgIpc) is 2.34. The van der Waals surface area contributed by atoms with Crippen molar-refractivity contribution < 1.29 is 9.18 Å². The SMILES string of the molecule is C=C1N=NC(=O)N/C1=N/N=C/c1cccc(F)c1. The highest BCUT2D eigenvalue weighted by atomic mass is 19.1. The van der Waals surface area contributed by atoms with E-state index in [4.69, 9.17) is 0 Å². The van der Waals surface area contributed by atoms with Gasteiger partial charge < -0.3 is 0 Å². The van der Waals surface area contributed by atoms with Gasteiger partial charge in [0.15, 0.2) is 5.84 Å². The number of nitrogens with zero attached hydrogens (tertiary/aromatic N) is 4. The molecule has 7 heteroatoms. The molecule has 2 amide bonds. The molecule has 1 aliphatic heterocycles. The predicted octanol–water partition coefficient (Wildman–Crippen LogP) is 2.25. The summed E-state index contributed by atoms with van der Waals surface area (Å²) in [5.74, 6) is -0.251. The maximum atomic E-state index is 12.9. The van der Waals surface area contributed by atoms with E-state index >= 15 is 0 Å². The third-order valence-electron chi connectivity index (χ3n) is 1.97. The number of halogens is 1. The van der Waals surface area contributed by atoms with Crippen molar-refractivity contribution >= 4 is 18.1 Å². The summed E-state index contributed by atoms with van der Waals surface area (Å²) in [5, 5.41) is 16.5. The molecule has 0 atom stereocenters. The van der Waals surface area contributed by atoms with Crippen LogP contribution in [0, 0.1) is 5.82 Å². The Kier molecular flexibility index (Phi) is 3.33. The number of amides is 2. The van der Waals surface area contributed by atoms with Gasteiger partial charge in [-0.05, 0) is 17.7 Å². The lowest BCUT2D eigenvalue weighted by molar-refractivity contribution is 0.251. The summed E-state index contributed by atoms with van der Waals surface area (Å²) in [6.07, 6.45) is 1.35. The van der Waals surface area contributed by atoms with E-state index in [0.717, 1.165) is 0 Å². The minimum Gasteiger partial charge on any atom is -0.286 e. The summed E-state index contributed by atoms with van der Waals surface area (Å²) in [4.78, 5) is 10.9. The van der Waals surface area contributed by atoms with Crippen molar-refractivity contribution in [2.24, 2.45) is 20.4 Å². The molecule has 0 aliphatic carbocycles. The van der Waals surface area contributed by atoms with E-state index in [1.54, 1.807) is 12.1 Å². The van der Waals surface area contributed by atoms with E-state index < -0.39 is 6.03 Å². The van der Waals surface area contributed by atoms with Crippen LogP contribution in [0.15, 0.2) is 57.0 Å². The second-order valence-corrected chi connectivity index (χ2v) is 3.33. The van der Waals surface area contributed by atoms with Gasteiger partial charge in [-0.1, -0.05) is 23.8 Å². The third kappa shape index (κ3) is 2.91. The first-order chi connectivity index (χ1) is 8.65. The molecule has 1 aromatic rings. The van der Waals surface area contributed by atoms with Crippen LogP contribution >= 0.6 is 0 Å². The molecule has 0 radical (unpaired) electrons. The van der Waals surface area contributed by atoms with Crippen LogP contribution in [0.3, 0.4) is 0 Å². The summed E-state index contributed by atoms with van der Waals surface area (Å²) in [6.45, 7) is 3.53. The van der Waals surface area contributed by atoms with Crippen LogP contribution in [0.1, 0.15) is 5.56 Å². The largest absolute Gasteiger partial charge is 0.365 e. The zero-order chi connectivity index (χ0) is 13.0. The van der Waals surface area contributed by atoms with Crippen molar-refractivity contribution in [2.75, 3.05) is 0 Å². The molecule has 0 spiro atoms. The Hall–Kier alpha value is -2.70. The Labute approximate surface area is 102 Å². The molecule has 0 bridgehead atoms. The number of carbonyl (C=O) groups excluding carboxylic acids is 1. The number of nitrogens with one attached hydrogen (secondary N) is 1. The summed E-state index contributed by atoms with van der Waals surface area (Å²) in [6, 6.07) is 5.21. The fourth-order valence-corrected chi connectivity index (χ4v) is 1.17. The van der Waals surface area contributed by atoms with E-state index in [9.17, 15) is 9.18 Å². The Morgan fingerprint density at radius 2 is 2.22 bits per heavy atom. The summed E-state index contributed by atoms with van der Waals surface area (Å²) >= 11 is 0. The number of rotatable bonds is 2. The van der Waals surface area contributed by atoms with Gasteiger partial charge in [-0.25, -0.2) is 9.18 Å². The molecule has 90 valence electrons. The Bertz CT molecular complexity index is 591. The number of urea groups is 1. The van der Waals surface area contributed by atoms with Crippen LogP contribution in [0.5, 0.6) is 0 Å². The van der Waals surface area contributed by atoms with E-state index in [1.807, 2.05) is 0 Å². The Morgan fingerprint density at radius 1 is 1.39 bits per heavy atom. The molecule has 0 fully saturated rings. The summed E-state index contributed by atoms with van der Waals surface area (Å²) in [7, 11) is 0. The molecule has 18 heavy (non-hydrogen) atoms. The first-order valence-corrected chi connectivity index (χ1v) is 4.94. The zero-order valence-electron chi connectivity index (χ0n) is 9.17.